The van der Waals surface area contributed by atoms with Gasteiger partial charge >= 0.3 is 0 Å². The van der Waals surface area contributed by atoms with E-state index < -0.39 is 11.5 Å². The summed E-state index contributed by atoms with van der Waals surface area (Å²) in [5.74, 6) is -0.0310. The molecule has 1 fully saturated rings. The fourth-order valence-electron chi connectivity index (χ4n) is 4.18. The Hall–Kier alpha value is -2.64. The SMILES string of the molecule is CO[C@H]1CC[C@@](CSC(C)=O)(C(=O)N[C@@H](Cc2ccccc2)C(=O)Nc2ccccc2)CC1. The Balaban J connectivity index is 1.79. The van der Waals surface area contributed by atoms with Crippen molar-refractivity contribution in [2.24, 2.45) is 5.41 Å². The van der Waals surface area contributed by atoms with Crippen LogP contribution in [0.5, 0.6) is 0 Å². The monoisotopic (exact) mass is 468 g/mol. The number of carbonyl (C=O) groups is 3. The van der Waals surface area contributed by atoms with Gasteiger partial charge in [-0.05, 0) is 43.4 Å². The maximum absolute atomic E-state index is 13.6. The van der Waals surface area contributed by atoms with E-state index in [-0.39, 0.29) is 23.0 Å². The lowest BCUT2D eigenvalue weighted by Crippen LogP contribution is -2.53. The summed E-state index contributed by atoms with van der Waals surface area (Å²) in [5.41, 5.74) is 0.936. The van der Waals surface area contributed by atoms with E-state index in [9.17, 15) is 14.4 Å². The topological polar surface area (TPSA) is 84.5 Å². The van der Waals surface area contributed by atoms with Gasteiger partial charge < -0.3 is 15.4 Å². The minimum atomic E-state index is -0.737. The lowest BCUT2D eigenvalue weighted by Gasteiger charge is -2.39. The van der Waals surface area contributed by atoms with Crippen molar-refractivity contribution in [3.8, 4) is 0 Å². The Morgan fingerprint density at radius 3 is 2.21 bits per heavy atom. The van der Waals surface area contributed by atoms with Crippen LogP contribution in [0.2, 0.25) is 0 Å². The molecule has 0 spiro atoms. The summed E-state index contributed by atoms with van der Waals surface area (Å²) in [5, 5.41) is 5.94. The van der Waals surface area contributed by atoms with Gasteiger partial charge in [-0.3, -0.25) is 14.4 Å². The smallest absolute Gasteiger partial charge is 0.247 e. The summed E-state index contributed by atoms with van der Waals surface area (Å²) in [6, 6.07) is 18.1. The molecule has 0 heterocycles. The second-order valence-corrected chi connectivity index (χ2v) is 9.72. The molecule has 0 saturated heterocycles. The molecule has 0 bridgehead atoms. The van der Waals surface area contributed by atoms with Crippen LogP contribution in [0.15, 0.2) is 60.7 Å². The van der Waals surface area contributed by atoms with Gasteiger partial charge in [0.2, 0.25) is 11.8 Å². The fraction of sp³-hybridized carbons (Fsp3) is 0.423. The summed E-state index contributed by atoms with van der Waals surface area (Å²) >= 11 is 1.17. The maximum Gasteiger partial charge on any atom is 0.247 e. The van der Waals surface area contributed by atoms with Gasteiger partial charge in [0.05, 0.1) is 11.5 Å². The molecule has 33 heavy (non-hydrogen) atoms. The predicted molar refractivity (Wildman–Crippen MR) is 132 cm³/mol. The predicted octanol–water partition coefficient (Wildman–Crippen LogP) is 4.21. The second-order valence-electron chi connectivity index (χ2n) is 8.57. The molecule has 1 aliphatic carbocycles. The third kappa shape index (κ3) is 7.17. The van der Waals surface area contributed by atoms with E-state index in [0.29, 0.717) is 30.7 Å². The molecule has 0 unspecified atom stereocenters. The summed E-state index contributed by atoms with van der Waals surface area (Å²) < 4.78 is 5.48. The van der Waals surface area contributed by atoms with Crippen molar-refractivity contribution in [3.63, 3.8) is 0 Å². The molecule has 1 saturated carbocycles. The van der Waals surface area contributed by atoms with E-state index >= 15 is 0 Å². The highest BCUT2D eigenvalue weighted by Crippen LogP contribution is 2.40. The highest BCUT2D eigenvalue weighted by molar-refractivity contribution is 8.13. The average Bonchev–Trinajstić information content (AvgIpc) is 2.83. The fourth-order valence-corrected chi connectivity index (χ4v) is 5.08. The zero-order chi connectivity index (χ0) is 23.7. The van der Waals surface area contributed by atoms with Crippen LogP contribution in [0.25, 0.3) is 0 Å². The van der Waals surface area contributed by atoms with Gasteiger partial charge in [0, 0.05) is 31.9 Å². The number of carbonyl (C=O) groups excluding carboxylic acids is 3. The van der Waals surface area contributed by atoms with Crippen LogP contribution >= 0.6 is 11.8 Å². The van der Waals surface area contributed by atoms with Gasteiger partial charge in [-0.15, -0.1) is 0 Å². The van der Waals surface area contributed by atoms with Crippen LogP contribution in [-0.2, 0) is 25.5 Å². The summed E-state index contributed by atoms with van der Waals surface area (Å²) in [7, 11) is 1.69. The first kappa shape index (κ1) is 25.0. The Labute approximate surface area is 199 Å². The van der Waals surface area contributed by atoms with E-state index in [1.165, 1.54) is 18.7 Å². The third-order valence-corrected chi connectivity index (χ3v) is 7.31. The highest BCUT2D eigenvalue weighted by atomic mass is 32.2. The van der Waals surface area contributed by atoms with Crippen LogP contribution in [0.4, 0.5) is 5.69 Å². The van der Waals surface area contributed by atoms with Crippen LogP contribution in [0, 0.1) is 5.41 Å². The zero-order valence-corrected chi connectivity index (χ0v) is 20.0. The maximum atomic E-state index is 13.6. The van der Waals surface area contributed by atoms with Gasteiger partial charge in [-0.2, -0.15) is 0 Å². The molecular formula is C26H32N2O4S. The summed E-state index contributed by atoms with van der Waals surface area (Å²) in [6.45, 7) is 1.52. The average molecular weight is 469 g/mol. The number of anilines is 1. The second kappa shape index (κ2) is 12.0. The molecule has 2 amide bonds. The third-order valence-electron chi connectivity index (χ3n) is 6.20. The van der Waals surface area contributed by atoms with Crippen LogP contribution in [0.1, 0.15) is 38.2 Å². The van der Waals surface area contributed by atoms with Crippen molar-refractivity contribution in [1.29, 1.82) is 0 Å². The largest absolute Gasteiger partial charge is 0.381 e. The first-order valence-corrected chi connectivity index (χ1v) is 12.3. The number of hydrogen-bond donors (Lipinski definition) is 2. The molecule has 2 aromatic carbocycles. The van der Waals surface area contributed by atoms with Crippen molar-refractivity contribution in [3.05, 3.63) is 66.2 Å². The highest BCUT2D eigenvalue weighted by Gasteiger charge is 2.43. The Morgan fingerprint density at radius 2 is 1.64 bits per heavy atom. The molecule has 0 radical (unpaired) electrons. The van der Waals surface area contributed by atoms with Crippen molar-refractivity contribution in [2.75, 3.05) is 18.2 Å². The lowest BCUT2D eigenvalue weighted by molar-refractivity contribution is -0.136. The number of hydrogen-bond acceptors (Lipinski definition) is 5. The van der Waals surface area contributed by atoms with Crippen molar-refractivity contribution in [1.82, 2.24) is 5.32 Å². The van der Waals surface area contributed by atoms with Crippen molar-refractivity contribution >= 4 is 34.4 Å². The Kier molecular flexibility index (Phi) is 9.09. The van der Waals surface area contributed by atoms with Crippen LogP contribution in [-0.4, -0.2) is 41.9 Å². The molecule has 0 aliphatic heterocycles. The molecular weight excluding hydrogens is 436 g/mol. The van der Waals surface area contributed by atoms with Gasteiger partial charge in [0.1, 0.15) is 6.04 Å². The molecule has 7 heteroatoms. The number of amides is 2. The molecule has 3 rings (SSSR count). The van der Waals surface area contributed by atoms with Crippen LogP contribution in [0.3, 0.4) is 0 Å². The number of methoxy groups -OCH3 is 1. The van der Waals surface area contributed by atoms with E-state index in [0.717, 1.165) is 18.4 Å². The standard InChI is InChI=1S/C26H32N2O4S/c1-19(29)33-18-26(15-13-22(32-2)14-16-26)25(31)28-23(17-20-9-5-3-6-10-20)24(30)27-21-11-7-4-8-12-21/h3-12,22-23H,13-18H2,1-2H3,(H,27,30)(H,28,31)/t22-,23-,26+/m0/s1. The minimum absolute atomic E-state index is 0.0151. The number of thioether (sulfide) groups is 1. The first-order valence-electron chi connectivity index (χ1n) is 11.3. The van der Waals surface area contributed by atoms with Crippen LogP contribution < -0.4 is 10.6 Å². The van der Waals surface area contributed by atoms with E-state index in [1.54, 1.807) is 7.11 Å². The molecule has 1 aliphatic rings. The molecule has 176 valence electrons. The summed E-state index contributed by atoms with van der Waals surface area (Å²) in [4.78, 5) is 38.5. The first-order chi connectivity index (χ1) is 15.9. The quantitative estimate of drug-likeness (QED) is 0.576. The molecule has 2 N–H and O–H groups in total. The number of rotatable bonds is 9. The summed E-state index contributed by atoms with van der Waals surface area (Å²) in [6.07, 6.45) is 3.24. The van der Waals surface area contributed by atoms with E-state index in [2.05, 4.69) is 10.6 Å². The number of ether oxygens (including phenoxy) is 1. The Bertz CT molecular complexity index is 928. The Morgan fingerprint density at radius 1 is 1.03 bits per heavy atom. The van der Waals surface area contributed by atoms with Gasteiger partial charge in [-0.25, -0.2) is 0 Å². The van der Waals surface area contributed by atoms with Gasteiger partial charge in [0.15, 0.2) is 5.12 Å². The lowest BCUT2D eigenvalue weighted by atomic mass is 9.73. The molecule has 0 aromatic heterocycles. The zero-order valence-electron chi connectivity index (χ0n) is 19.2. The number of para-hydroxylation sites is 1. The van der Waals surface area contributed by atoms with E-state index in [4.69, 9.17) is 4.74 Å². The molecule has 2 aromatic rings. The van der Waals surface area contributed by atoms with E-state index in [1.807, 2.05) is 60.7 Å². The molecule has 1 atom stereocenters. The normalized spacial score (nSPS) is 21.1. The van der Waals surface area contributed by atoms with Gasteiger partial charge in [-0.1, -0.05) is 60.3 Å². The number of benzene rings is 2. The van der Waals surface area contributed by atoms with Gasteiger partial charge in [0.25, 0.3) is 0 Å². The molecule has 6 nitrogen and oxygen atoms in total. The van der Waals surface area contributed by atoms with Crippen molar-refractivity contribution in [2.45, 2.75) is 51.2 Å². The number of nitrogens with one attached hydrogen (secondary N) is 2. The minimum Gasteiger partial charge on any atom is -0.381 e. The van der Waals surface area contributed by atoms with Crippen molar-refractivity contribution < 1.29 is 19.1 Å².